The lowest BCUT2D eigenvalue weighted by Gasteiger charge is -2.13. The van der Waals surface area contributed by atoms with Crippen molar-refractivity contribution in [2.24, 2.45) is 5.14 Å². The van der Waals surface area contributed by atoms with Gasteiger partial charge in [-0.25, -0.2) is 13.6 Å². The predicted molar refractivity (Wildman–Crippen MR) is 75.3 cm³/mol. The molecule has 106 valence electrons. The highest BCUT2D eigenvalue weighted by Gasteiger charge is 2.21. The highest BCUT2D eigenvalue weighted by molar-refractivity contribution is 7.88. The first-order valence-corrected chi connectivity index (χ1v) is 8.13. The van der Waals surface area contributed by atoms with Crippen LogP contribution in [0.3, 0.4) is 0 Å². The van der Waals surface area contributed by atoms with Crippen molar-refractivity contribution in [2.45, 2.75) is 37.7 Å². The van der Waals surface area contributed by atoms with Crippen LogP contribution in [0.1, 0.15) is 25.3 Å². The molecule has 5 nitrogen and oxygen atoms in total. The summed E-state index contributed by atoms with van der Waals surface area (Å²) >= 11 is 0. The summed E-state index contributed by atoms with van der Waals surface area (Å²) in [7, 11) is -3.46. The molecule has 19 heavy (non-hydrogen) atoms. The van der Waals surface area contributed by atoms with Crippen LogP contribution in [0.25, 0.3) is 0 Å². The molecule has 0 saturated carbocycles. The van der Waals surface area contributed by atoms with Crippen molar-refractivity contribution in [1.82, 2.24) is 0 Å². The summed E-state index contributed by atoms with van der Waals surface area (Å²) < 4.78 is 27.6. The van der Waals surface area contributed by atoms with Gasteiger partial charge in [-0.3, -0.25) is 0 Å². The van der Waals surface area contributed by atoms with Gasteiger partial charge < -0.3 is 10.1 Å². The topological polar surface area (TPSA) is 81.4 Å². The van der Waals surface area contributed by atoms with Crippen LogP contribution in [0.4, 0.5) is 5.69 Å². The minimum Gasteiger partial charge on any atom is -0.382 e. The number of hydrogen-bond donors (Lipinski definition) is 2. The molecular weight excluding hydrogens is 264 g/mol. The molecule has 2 unspecified atom stereocenters. The molecule has 0 aromatic heterocycles. The van der Waals surface area contributed by atoms with E-state index in [1.165, 1.54) is 0 Å². The van der Waals surface area contributed by atoms with Crippen molar-refractivity contribution in [3.05, 3.63) is 29.8 Å². The molecule has 1 heterocycles. The second kappa shape index (κ2) is 5.90. The fraction of sp³-hybridized carbons (Fsp3) is 0.538. The van der Waals surface area contributed by atoms with Gasteiger partial charge in [0, 0.05) is 12.2 Å². The maximum Gasteiger partial charge on any atom is 0.213 e. The first-order chi connectivity index (χ1) is 8.92. The van der Waals surface area contributed by atoms with Gasteiger partial charge in [0.1, 0.15) is 0 Å². The van der Waals surface area contributed by atoms with Crippen molar-refractivity contribution in [3.63, 3.8) is 0 Å². The maximum atomic E-state index is 11.0. The third kappa shape index (κ3) is 4.81. The van der Waals surface area contributed by atoms with Gasteiger partial charge in [-0.15, -0.1) is 0 Å². The van der Waals surface area contributed by atoms with Crippen molar-refractivity contribution in [3.8, 4) is 0 Å². The van der Waals surface area contributed by atoms with Crippen LogP contribution < -0.4 is 10.5 Å². The molecule has 0 spiro atoms. The number of rotatable bonds is 5. The number of primary sulfonamides is 1. The number of benzene rings is 1. The molecule has 1 aliphatic heterocycles. The number of ether oxygens (including phenoxy) is 1. The highest BCUT2D eigenvalue weighted by atomic mass is 32.2. The van der Waals surface area contributed by atoms with E-state index >= 15 is 0 Å². The zero-order valence-electron chi connectivity index (χ0n) is 11.0. The van der Waals surface area contributed by atoms with E-state index in [-0.39, 0.29) is 11.9 Å². The summed E-state index contributed by atoms with van der Waals surface area (Å²) in [6.07, 6.45) is 2.81. The van der Waals surface area contributed by atoms with Gasteiger partial charge in [-0.1, -0.05) is 12.1 Å². The molecule has 1 saturated heterocycles. The van der Waals surface area contributed by atoms with E-state index in [0.29, 0.717) is 11.7 Å². The van der Waals surface area contributed by atoms with E-state index in [0.717, 1.165) is 25.1 Å². The second-order valence-electron chi connectivity index (χ2n) is 5.03. The van der Waals surface area contributed by atoms with Crippen molar-refractivity contribution >= 4 is 15.7 Å². The Labute approximate surface area is 114 Å². The molecule has 6 heteroatoms. The number of hydrogen-bond acceptors (Lipinski definition) is 4. The van der Waals surface area contributed by atoms with Crippen LogP contribution in [0, 0.1) is 0 Å². The minimum atomic E-state index is -3.46. The molecule has 1 aromatic carbocycles. The summed E-state index contributed by atoms with van der Waals surface area (Å²) in [5.74, 6) is -0.128. The average molecular weight is 284 g/mol. The van der Waals surface area contributed by atoms with Gasteiger partial charge in [0.15, 0.2) is 0 Å². The molecule has 1 fully saturated rings. The molecule has 1 aliphatic rings. The van der Waals surface area contributed by atoms with Crippen LogP contribution in [-0.2, 0) is 20.5 Å². The molecule has 0 radical (unpaired) electrons. The van der Waals surface area contributed by atoms with E-state index in [2.05, 4.69) is 12.2 Å². The Morgan fingerprint density at radius 3 is 2.53 bits per heavy atom. The van der Waals surface area contributed by atoms with Crippen molar-refractivity contribution in [2.75, 3.05) is 11.9 Å². The quantitative estimate of drug-likeness (QED) is 0.857. The molecule has 0 amide bonds. The summed E-state index contributed by atoms with van der Waals surface area (Å²) in [5.41, 5.74) is 1.65. The van der Waals surface area contributed by atoms with E-state index in [9.17, 15) is 8.42 Å². The molecule has 0 bridgehead atoms. The molecule has 0 aliphatic carbocycles. The summed E-state index contributed by atoms with van der Waals surface area (Å²) in [5, 5.41) is 8.29. The monoisotopic (exact) mass is 284 g/mol. The third-order valence-corrected chi connectivity index (χ3v) is 3.91. The van der Waals surface area contributed by atoms with E-state index in [4.69, 9.17) is 9.88 Å². The lowest BCUT2D eigenvalue weighted by Crippen LogP contribution is -2.19. The van der Waals surface area contributed by atoms with Crippen LogP contribution in [0.2, 0.25) is 0 Å². The first-order valence-electron chi connectivity index (χ1n) is 6.41. The van der Waals surface area contributed by atoms with Crippen LogP contribution >= 0.6 is 0 Å². The number of nitrogens with two attached hydrogens (primary N) is 1. The zero-order chi connectivity index (χ0) is 13.9. The Kier molecular flexibility index (Phi) is 4.44. The Morgan fingerprint density at radius 2 is 2.00 bits per heavy atom. The Morgan fingerprint density at radius 1 is 1.32 bits per heavy atom. The summed E-state index contributed by atoms with van der Waals surface area (Å²) in [6, 6.07) is 7.26. The van der Waals surface area contributed by atoms with Gasteiger partial charge in [-0.05, 0) is 37.5 Å². The van der Waals surface area contributed by atoms with Gasteiger partial charge in [0.2, 0.25) is 10.0 Å². The third-order valence-electron chi connectivity index (χ3n) is 3.18. The molecule has 2 atom stereocenters. The smallest absolute Gasteiger partial charge is 0.213 e. The van der Waals surface area contributed by atoms with Crippen LogP contribution in [-0.4, -0.2) is 27.2 Å². The standard InChI is InChI=1S/C13H20N2O3S/c1-10-2-7-13(18-10)8-15-12-5-3-11(4-6-12)9-19(14,16)17/h3-6,10,13,15H,2,7-9H2,1H3,(H2,14,16,17). The lowest BCUT2D eigenvalue weighted by atomic mass is 10.2. The summed E-state index contributed by atoms with van der Waals surface area (Å²) in [6.45, 7) is 2.86. The van der Waals surface area contributed by atoms with Gasteiger partial charge >= 0.3 is 0 Å². The van der Waals surface area contributed by atoms with Gasteiger partial charge in [-0.2, -0.15) is 0 Å². The maximum absolute atomic E-state index is 11.0. The van der Waals surface area contributed by atoms with Crippen molar-refractivity contribution in [1.29, 1.82) is 0 Å². The summed E-state index contributed by atoms with van der Waals surface area (Å²) in [4.78, 5) is 0. The Bertz CT molecular complexity index is 513. The number of sulfonamides is 1. The van der Waals surface area contributed by atoms with E-state index < -0.39 is 10.0 Å². The largest absolute Gasteiger partial charge is 0.382 e. The lowest BCUT2D eigenvalue weighted by molar-refractivity contribution is 0.0637. The van der Waals surface area contributed by atoms with E-state index in [1.54, 1.807) is 12.1 Å². The van der Waals surface area contributed by atoms with Crippen LogP contribution in [0.5, 0.6) is 0 Å². The Hall–Kier alpha value is -1.11. The molecule has 1 aromatic rings. The molecular formula is C13H20N2O3S. The van der Waals surface area contributed by atoms with Crippen molar-refractivity contribution < 1.29 is 13.2 Å². The minimum absolute atomic E-state index is 0.128. The number of anilines is 1. The fourth-order valence-corrected chi connectivity index (χ4v) is 2.88. The number of nitrogens with one attached hydrogen (secondary N) is 1. The normalized spacial score (nSPS) is 23.5. The molecule has 3 N–H and O–H groups in total. The average Bonchev–Trinajstić information content (AvgIpc) is 2.72. The zero-order valence-corrected chi connectivity index (χ0v) is 11.8. The van der Waals surface area contributed by atoms with Gasteiger partial charge in [0.25, 0.3) is 0 Å². The first kappa shape index (κ1) is 14.3. The van der Waals surface area contributed by atoms with Crippen LogP contribution in [0.15, 0.2) is 24.3 Å². The van der Waals surface area contributed by atoms with E-state index in [1.807, 2.05) is 12.1 Å². The molecule has 2 rings (SSSR count). The van der Waals surface area contributed by atoms with Gasteiger partial charge in [0.05, 0.1) is 18.0 Å². The SMILES string of the molecule is CC1CCC(CNc2ccc(CS(N)(=O)=O)cc2)O1. The second-order valence-corrected chi connectivity index (χ2v) is 6.65. The fourth-order valence-electron chi connectivity index (χ4n) is 2.22. The Balaban J connectivity index is 1.85. The highest BCUT2D eigenvalue weighted by Crippen LogP contribution is 2.20. The predicted octanol–water partition coefficient (Wildman–Crippen LogP) is 1.45.